The molecule has 0 saturated heterocycles. The van der Waals surface area contributed by atoms with Crippen molar-refractivity contribution in [2.75, 3.05) is 5.32 Å². The van der Waals surface area contributed by atoms with Crippen molar-refractivity contribution in [3.8, 4) is 5.75 Å². The second kappa shape index (κ2) is 7.23. The predicted octanol–water partition coefficient (Wildman–Crippen LogP) is 4.04. The molecule has 1 saturated carbocycles. The average Bonchev–Trinajstić information content (AvgIpc) is 3.07. The molecule has 1 heterocycles. The van der Waals surface area contributed by atoms with Gasteiger partial charge in [-0.2, -0.15) is 0 Å². The third-order valence-corrected chi connectivity index (χ3v) is 4.30. The van der Waals surface area contributed by atoms with E-state index in [1.807, 2.05) is 0 Å². The van der Waals surface area contributed by atoms with Crippen LogP contribution in [0.15, 0.2) is 41.3 Å². The number of pyridine rings is 1. The van der Waals surface area contributed by atoms with Crippen LogP contribution in [0.5, 0.6) is 5.75 Å². The lowest BCUT2D eigenvalue weighted by Gasteiger charge is -2.17. The van der Waals surface area contributed by atoms with E-state index < -0.39 is 11.9 Å². The SMILES string of the molecule is N=C(c1ccc(OC(F)(F)F)cc1)c1c(NC2CCCC2)cc[nH]c1=O. The van der Waals surface area contributed by atoms with E-state index in [2.05, 4.69) is 15.0 Å². The summed E-state index contributed by atoms with van der Waals surface area (Å²) in [7, 11) is 0. The van der Waals surface area contributed by atoms with Gasteiger partial charge in [-0.3, -0.25) is 10.2 Å². The fraction of sp³-hybridized carbons (Fsp3) is 0.333. The Labute approximate surface area is 147 Å². The molecule has 0 aliphatic heterocycles. The maximum atomic E-state index is 12.3. The molecule has 5 nitrogen and oxygen atoms in total. The second-order valence-corrected chi connectivity index (χ2v) is 6.17. The first kappa shape index (κ1) is 18.0. The van der Waals surface area contributed by atoms with Crippen LogP contribution < -0.4 is 15.6 Å². The zero-order valence-corrected chi connectivity index (χ0v) is 13.8. The van der Waals surface area contributed by atoms with Crippen LogP contribution in [-0.4, -0.2) is 23.1 Å². The standard InChI is InChI=1S/C18H18F3N3O2/c19-18(20,21)26-13-7-5-11(6-8-13)16(22)15-14(9-10-23-17(15)25)24-12-3-1-2-4-12/h5-10,12,22H,1-4H2,(H2,23,24,25). The van der Waals surface area contributed by atoms with Crippen molar-refractivity contribution in [2.24, 2.45) is 0 Å². The van der Waals surface area contributed by atoms with Gasteiger partial charge in [0.05, 0.1) is 17.0 Å². The van der Waals surface area contributed by atoms with Gasteiger partial charge in [-0.1, -0.05) is 12.8 Å². The van der Waals surface area contributed by atoms with Gasteiger partial charge in [-0.05, 0) is 43.2 Å². The van der Waals surface area contributed by atoms with Crippen molar-refractivity contribution in [1.29, 1.82) is 5.41 Å². The van der Waals surface area contributed by atoms with E-state index >= 15 is 0 Å². The molecule has 0 radical (unpaired) electrons. The molecular weight excluding hydrogens is 347 g/mol. The van der Waals surface area contributed by atoms with Gasteiger partial charge in [-0.15, -0.1) is 13.2 Å². The maximum Gasteiger partial charge on any atom is 0.573 e. The highest BCUT2D eigenvalue weighted by atomic mass is 19.4. The fourth-order valence-electron chi connectivity index (χ4n) is 3.10. The Morgan fingerprint density at radius 2 is 1.81 bits per heavy atom. The molecule has 3 rings (SSSR count). The van der Waals surface area contributed by atoms with Gasteiger partial charge in [-0.25, -0.2) is 0 Å². The molecule has 3 N–H and O–H groups in total. The van der Waals surface area contributed by atoms with Crippen LogP contribution in [0.3, 0.4) is 0 Å². The van der Waals surface area contributed by atoms with E-state index in [0.717, 1.165) is 37.8 Å². The first-order chi connectivity index (χ1) is 12.3. The third kappa shape index (κ3) is 4.25. The summed E-state index contributed by atoms with van der Waals surface area (Å²) in [5, 5.41) is 11.7. The quantitative estimate of drug-likeness (QED) is 0.700. The van der Waals surface area contributed by atoms with Gasteiger partial charge in [0.1, 0.15) is 5.75 Å². The summed E-state index contributed by atoms with van der Waals surface area (Å²) < 4.78 is 40.6. The summed E-state index contributed by atoms with van der Waals surface area (Å²) in [6, 6.07) is 6.86. The van der Waals surface area contributed by atoms with E-state index in [-0.39, 0.29) is 23.1 Å². The summed E-state index contributed by atoms with van der Waals surface area (Å²) in [6.45, 7) is 0. The number of aromatic nitrogens is 1. The lowest BCUT2D eigenvalue weighted by molar-refractivity contribution is -0.274. The minimum Gasteiger partial charge on any atom is -0.406 e. The molecule has 1 aromatic heterocycles. The van der Waals surface area contributed by atoms with Crippen LogP contribution in [0.2, 0.25) is 0 Å². The number of nitrogens with one attached hydrogen (secondary N) is 3. The smallest absolute Gasteiger partial charge is 0.406 e. The number of H-pyrrole nitrogens is 1. The molecule has 0 unspecified atom stereocenters. The molecule has 0 amide bonds. The largest absolute Gasteiger partial charge is 0.573 e. The molecule has 0 atom stereocenters. The summed E-state index contributed by atoms with van der Waals surface area (Å²) >= 11 is 0. The van der Waals surface area contributed by atoms with Crippen LogP contribution >= 0.6 is 0 Å². The Balaban J connectivity index is 1.86. The Hall–Kier alpha value is -2.77. The molecule has 0 spiro atoms. The van der Waals surface area contributed by atoms with Crippen LogP contribution in [0.1, 0.15) is 36.8 Å². The van der Waals surface area contributed by atoms with Crippen molar-refractivity contribution >= 4 is 11.4 Å². The average molecular weight is 365 g/mol. The molecule has 0 bridgehead atoms. The molecule has 1 aliphatic carbocycles. The summed E-state index contributed by atoms with van der Waals surface area (Å²) in [5.74, 6) is -0.375. The lowest BCUT2D eigenvalue weighted by Crippen LogP contribution is -2.24. The predicted molar refractivity (Wildman–Crippen MR) is 92.0 cm³/mol. The highest BCUT2D eigenvalue weighted by Gasteiger charge is 2.31. The first-order valence-corrected chi connectivity index (χ1v) is 8.27. The number of hydrogen-bond donors (Lipinski definition) is 3. The van der Waals surface area contributed by atoms with Crippen molar-refractivity contribution in [1.82, 2.24) is 4.98 Å². The number of benzene rings is 1. The number of ether oxygens (including phenoxy) is 1. The first-order valence-electron chi connectivity index (χ1n) is 8.27. The van der Waals surface area contributed by atoms with Crippen LogP contribution in [-0.2, 0) is 0 Å². The zero-order chi connectivity index (χ0) is 18.7. The van der Waals surface area contributed by atoms with Gasteiger partial charge >= 0.3 is 6.36 Å². The highest BCUT2D eigenvalue weighted by molar-refractivity contribution is 6.13. The molecule has 8 heteroatoms. The van der Waals surface area contributed by atoms with Gasteiger partial charge in [0, 0.05) is 17.8 Å². The minimum absolute atomic E-state index is 0.0640. The zero-order valence-electron chi connectivity index (χ0n) is 13.8. The van der Waals surface area contributed by atoms with Crippen LogP contribution in [0.25, 0.3) is 0 Å². The molecule has 138 valence electrons. The topological polar surface area (TPSA) is 78.0 Å². The number of rotatable bonds is 5. The highest BCUT2D eigenvalue weighted by Crippen LogP contribution is 2.26. The monoisotopic (exact) mass is 365 g/mol. The van der Waals surface area contributed by atoms with Gasteiger partial charge in [0.25, 0.3) is 5.56 Å². The fourth-order valence-corrected chi connectivity index (χ4v) is 3.10. The van der Waals surface area contributed by atoms with Crippen molar-refractivity contribution in [3.63, 3.8) is 0 Å². The maximum absolute atomic E-state index is 12.3. The molecular formula is C18H18F3N3O2. The molecule has 26 heavy (non-hydrogen) atoms. The number of halogens is 3. The second-order valence-electron chi connectivity index (χ2n) is 6.17. The summed E-state index contributed by atoms with van der Waals surface area (Å²) in [5.41, 5.74) is 0.565. The van der Waals surface area contributed by atoms with Gasteiger partial charge < -0.3 is 15.0 Å². The number of alkyl halides is 3. The van der Waals surface area contributed by atoms with E-state index in [4.69, 9.17) is 5.41 Å². The molecule has 2 aromatic rings. The normalized spacial score (nSPS) is 15.0. The Morgan fingerprint density at radius 1 is 1.15 bits per heavy atom. The number of hydrogen-bond acceptors (Lipinski definition) is 4. The summed E-state index contributed by atoms with van der Waals surface area (Å²) in [4.78, 5) is 14.8. The molecule has 1 aliphatic rings. The third-order valence-electron chi connectivity index (χ3n) is 4.30. The van der Waals surface area contributed by atoms with E-state index in [0.29, 0.717) is 11.3 Å². The Bertz CT molecular complexity index is 838. The van der Waals surface area contributed by atoms with Crippen molar-refractivity contribution in [3.05, 3.63) is 58.0 Å². The molecule has 1 aromatic carbocycles. The number of anilines is 1. The van der Waals surface area contributed by atoms with E-state index in [1.165, 1.54) is 18.3 Å². The van der Waals surface area contributed by atoms with E-state index in [9.17, 15) is 18.0 Å². The van der Waals surface area contributed by atoms with Gasteiger partial charge in [0.2, 0.25) is 0 Å². The van der Waals surface area contributed by atoms with Crippen LogP contribution in [0.4, 0.5) is 18.9 Å². The van der Waals surface area contributed by atoms with Crippen molar-refractivity contribution in [2.45, 2.75) is 38.1 Å². The van der Waals surface area contributed by atoms with Crippen LogP contribution in [0, 0.1) is 5.41 Å². The minimum atomic E-state index is -4.77. The van der Waals surface area contributed by atoms with E-state index in [1.54, 1.807) is 6.07 Å². The summed E-state index contributed by atoms with van der Waals surface area (Å²) in [6.07, 6.45) is 0.982. The molecule has 1 fully saturated rings. The Morgan fingerprint density at radius 3 is 2.42 bits per heavy atom. The van der Waals surface area contributed by atoms with Crippen molar-refractivity contribution < 1.29 is 17.9 Å². The number of aromatic amines is 1. The Kier molecular flexibility index (Phi) is 5.01. The van der Waals surface area contributed by atoms with Gasteiger partial charge in [0.15, 0.2) is 0 Å². The lowest BCUT2D eigenvalue weighted by atomic mass is 10.0.